The number of thioether (sulfide) groups is 1. The highest BCUT2D eigenvalue weighted by atomic mass is 32.2. The van der Waals surface area contributed by atoms with Crippen LogP contribution >= 0.6 is 11.8 Å². The maximum Gasteiger partial charge on any atom is 0.349 e. The Bertz CT molecular complexity index is 103. The number of hydrogen-bond acceptors (Lipinski definition) is 2. The van der Waals surface area contributed by atoms with E-state index >= 15 is 0 Å². The minimum Gasteiger partial charge on any atom is -0.382 e. The Labute approximate surface area is 49.9 Å². The standard InChI is InChI=1S/C3H6F2N2S/c1-8-3(4,5)2(6)7/h1H3,(H3,6,7). The third-order valence-electron chi connectivity index (χ3n) is 0.570. The van der Waals surface area contributed by atoms with E-state index in [0.717, 1.165) is 0 Å². The molecule has 0 rings (SSSR count). The number of nitrogens with one attached hydrogen (secondary N) is 1. The molecule has 0 aliphatic rings. The third kappa shape index (κ3) is 1.65. The van der Waals surface area contributed by atoms with Gasteiger partial charge in [-0.1, -0.05) is 11.8 Å². The van der Waals surface area contributed by atoms with Gasteiger partial charge < -0.3 is 5.73 Å². The second-order valence-corrected chi connectivity index (χ2v) is 2.06. The summed E-state index contributed by atoms with van der Waals surface area (Å²) in [7, 11) is 0. The molecule has 48 valence electrons. The predicted molar refractivity (Wildman–Crippen MR) is 30.4 cm³/mol. The molecule has 0 saturated carbocycles. The summed E-state index contributed by atoms with van der Waals surface area (Å²) < 4.78 is 23.8. The fourth-order valence-electron chi connectivity index (χ4n) is 0.110. The summed E-state index contributed by atoms with van der Waals surface area (Å²) in [6, 6.07) is 0. The molecule has 0 bridgehead atoms. The van der Waals surface area contributed by atoms with Crippen LogP contribution in [0.5, 0.6) is 0 Å². The summed E-state index contributed by atoms with van der Waals surface area (Å²) in [6.45, 7) is 0. The second kappa shape index (κ2) is 2.30. The summed E-state index contributed by atoms with van der Waals surface area (Å²) in [4.78, 5) is 0. The van der Waals surface area contributed by atoms with E-state index < -0.39 is 11.1 Å². The highest BCUT2D eigenvalue weighted by Crippen LogP contribution is 2.24. The average molecular weight is 140 g/mol. The van der Waals surface area contributed by atoms with Gasteiger partial charge in [-0.05, 0) is 6.26 Å². The number of amidine groups is 1. The Morgan fingerprint density at radius 1 is 1.75 bits per heavy atom. The van der Waals surface area contributed by atoms with Crippen molar-refractivity contribution in [3.05, 3.63) is 0 Å². The Morgan fingerprint density at radius 3 is 2.12 bits per heavy atom. The van der Waals surface area contributed by atoms with Crippen molar-refractivity contribution in [3.8, 4) is 0 Å². The van der Waals surface area contributed by atoms with Gasteiger partial charge in [-0.2, -0.15) is 8.78 Å². The minimum atomic E-state index is -3.18. The molecule has 0 aromatic carbocycles. The van der Waals surface area contributed by atoms with Gasteiger partial charge in [0.25, 0.3) is 0 Å². The van der Waals surface area contributed by atoms with E-state index in [4.69, 9.17) is 5.41 Å². The molecule has 2 nitrogen and oxygen atoms in total. The van der Waals surface area contributed by atoms with Crippen LogP contribution < -0.4 is 5.73 Å². The lowest BCUT2D eigenvalue weighted by molar-refractivity contribution is 0.183. The Morgan fingerprint density at radius 2 is 2.12 bits per heavy atom. The smallest absolute Gasteiger partial charge is 0.349 e. The summed E-state index contributed by atoms with van der Waals surface area (Å²) in [5, 5.41) is 3.12. The molecule has 0 aromatic heterocycles. The Kier molecular flexibility index (Phi) is 2.21. The zero-order chi connectivity index (χ0) is 6.78. The third-order valence-corrected chi connectivity index (χ3v) is 1.30. The van der Waals surface area contributed by atoms with Gasteiger partial charge in [0.2, 0.25) is 0 Å². The molecule has 0 saturated heterocycles. The maximum atomic E-state index is 11.9. The Hall–Kier alpha value is -0.320. The van der Waals surface area contributed by atoms with Crippen LogP contribution in [0.4, 0.5) is 8.78 Å². The van der Waals surface area contributed by atoms with Crippen molar-refractivity contribution in [3.63, 3.8) is 0 Å². The predicted octanol–water partition coefficient (Wildman–Crippen LogP) is 0.878. The molecule has 0 unspecified atom stereocenters. The molecule has 5 heteroatoms. The zero-order valence-electron chi connectivity index (χ0n) is 4.24. The second-order valence-electron chi connectivity index (χ2n) is 1.13. The van der Waals surface area contributed by atoms with Crippen molar-refractivity contribution in [1.29, 1.82) is 5.41 Å². The van der Waals surface area contributed by atoms with Gasteiger partial charge in [-0.25, -0.2) is 0 Å². The Balaban J connectivity index is 3.91. The first-order chi connectivity index (χ1) is 3.50. The van der Waals surface area contributed by atoms with Crippen LogP contribution in [0.2, 0.25) is 0 Å². The molecule has 3 N–H and O–H groups in total. The monoisotopic (exact) mass is 140 g/mol. The molecule has 0 aliphatic carbocycles. The fourth-order valence-corrected chi connectivity index (χ4v) is 0.330. The first kappa shape index (κ1) is 7.68. The molecular formula is C3H6F2N2S. The molecule has 0 radical (unpaired) electrons. The van der Waals surface area contributed by atoms with E-state index in [0.29, 0.717) is 0 Å². The van der Waals surface area contributed by atoms with Gasteiger partial charge in [0.05, 0.1) is 0 Å². The average Bonchev–Trinajstić information content (AvgIpc) is 1.67. The van der Waals surface area contributed by atoms with Gasteiger partial charge in [0.15, 0.2) is 5.84 Å². The number of hydrogen-bond donors (Lipinski definition) is 2. The van der Waals surface area contributed by atoms with Gasteiger partial charge in [-0.15, -0.1) is 0 Å². The van der Waals surface area contributed by atoms with Gasteiger partial charge in [0.1, 0.15) is 0 Å². The van der Waals surface area contributed by atoms with Gasteiger partial charge >= 0.3 is 5.25 Å². The quantitative estimate of drug-likeness (QED) is 0.442. The molecular weight excluding hydrogens is 134 g/mol. The first-order valence-corrected chi connectivity index (χ1v) is 3.00. The molecule has 0 atom stereocenters. The van der Waals surface area contributed by atoms with Gasteiger partial charge in [-0.3, -0.25) is 5.41 Å². The largest absolute Gasteiger partial charge is 0.382 e. The maximum absolute atomic E-state index is 11.9. The number of rotatable bonds is 2. The summed E-state index contributed by atoms with van der Waals surface area (Å²) in [6.07, 6.45) is 1.20. The van der Waals surface area contributed by atoms with Crippen molar-refractivity contribution < 1.29 is 8.78 Å². The van der Waals surface area contributed by atoms with Gasteiger partial charge in [0, 0.05) is 0 Å². The lowest BCUT2D eigenvalue weighted by atomic mass is 10.6. The van der Waals surface area contributed by atoms with Crippen LogP contribution in [0.1, 0.15) is 0 Å². The van der Waals surface area contributed by atoms with E-state index in [1.54, 1.807) is 0 Å². The fraction of sp³-hybridized carbons (Fsp3) is 0.667. The zero-order valence-corrected chi connectivity index (χ0v) is 5.06. The SMILES string of the molecule is CSC(F)(F)C(=N)N. The minimum absolute atomic E-state index is 0.252. The van der Waals surface area contributed by atoms with Crippen molar-refractivity contribution >= 4 is 17.6 Å². The molecule has 0 fully saturated rings. The summed E-state index contributed by atoms with van der Waals surface area (Å²) in [5.74, 6) is -1.09. The van der Waals surface area contributed by atoms with Crippen LogP contribution in [0.15, 0.2) is 0 Å². The molecule has 0 aromatic rings. The molecule has 0 aliphatic heterocycles. The van der Waals surface area contributed by atoms with Crippen molar-refractivity contribution in [2.75, 3.05) is 6.26 Å². The molecule has 8 heavy (non-hydrogen) atoms. The van der Waals surface area contributed by atoms with Crippen molar-refractivity contribution in [2.24, 2.45) is 5.73 Å². The highest BCUT2D eigenvalue weighted by Gasteiger charge is 2.31. The van der Waals surface area contributed by atoms with Crippen LogP contribution in [-0.4, -0.2) is 17.3 Å². The summed E-state index contributed by atoms with van der Waals surface area (Å²) in [5.41, 5.74) is 4.49. The summed E-state index contributed by atoms with van der Waals surface area (Å²) >= 11 is 0.252. The van der Waals surface area contributed by atoms with Crippen LogP contribution in [-0.2, 0) is 0 Å². The number of halogens is 2. The van der Waals surface area contributed by atoms with Crippen molar-refractivity contribution in [2.45, 2.75) is 5.25 Å². The first-order valence-electron chi connectivity index (χ1n) is 1.78. The molecule has 0 amide bonds. The normalized spacial score (nSPS) is 11.4. The lowest BCUT2D eigenvalue weighted by Crippen LogP contribution is -2.30. The lowest BCUT2D eigenvalue weighted by Gasteiger charge is -2.08. The van der Waals surface area contributed by atoms with E-state index in [9.17, 15) is 8.78 Å². The van der Waals surface area contributed by atoms with Crippen LogP contribution in [0.25, 0.3) is 0 Å². The van der Waals surface area contributed by atoms with Crippen molar-refractivity contribution in [1.82, 2.24) is 0 Å². The van der Waals surface area contributed by atoms with E-state index in [1.807, 2.05) is 0 Å². The van der Waals surface area contributed by atoms with E-state index in [-0.39, 0.29) is 11.8 Å². The molecule has 0 heterocycles. The van der Waals surface area contributed by atoms with Crippen LogP contribution in [0, 0.1) is 5.41 Å². The highest BCUT2D eigenvalue weighted by molar-refractivity contribution is 8.00. The van der Waals surface area contributed by atoms with Crippen LogP contribution in [0.3, 0.4) is 0 Å². The van der Waals surface area contributed by atoms with E-state index in [1.165, 1.54) is 6.26 Å². The topological polar surface area (TPSA) is 49.9 Å². The number of nitrogens with two attached hydrogens (primary N) is 1. The molecule has 0 spiro atoms. The number of alkyl halides is 2. The van der Waals surface area contributed by atoms with E-state index in [2.05, 4.69) is 5.73 Å².